The van der Waals surface area contributed by atoms with Crippen LogP contribution in [0.25, 0.3) is 0 Å². The minimum absolute atomic E-state index is 0.356. The smallest absolute Gasteiger partial charge is 0.213 e. The quantitative estimate of drug-likeness (QED) is 0.469. The molecule has 0 saturated carbocycles. The molecule has 3 N–H and O–H groups in total. The van der Waals surface area contributed by atoms with E-state index in [4.69, 9.17) is 9.94 Å². The first-order valence-electron chi connectivity index (χ1n) is 5.42. The molecule has 0 radical (unpaired) electrons. The monoisotopic (exact) mass is 245 g/mol. The number of carbonyl (C=O) groups excluding carboxylic acids is 1. The van der Waals surface area contributed by atoms with Crippen molar-refractivity contribution in [2.75, 3.05) is 0 Å². The third kappa shape index (κ3) is 3.13. The molecule has 1 aromatic carbocycles. The van der Waals surface area contributed by atoms with Gasteiger partial charge in [-0.05, 0) is 11.6 Å². The van der Waals surface area contributed by atoms with Crippen LogP contribution in [0.1, 0.15) is 15.9 Å². The largest absolute Gasteiger partial charge is 0.473 e. The molecule has 0 saturated heterocycles. The van der Waals surface area contributed by atoms with Crippen molar-refractivity contribution in [3.63, 3.8) is 0 Å². The van der Waals surface area contributed by atoms with Crippen molar-refractivity contribution in [3.05, 3.63) is 53.7 Å². The summed E-state index contributed by atoms with van der Waals surface area (Å²) in [7, 11) is 0. The zero-order chi connectivity index (χ0) is 12.8. The van der Waals surface area contributed by atoms with Gasteiger partial charge in [0.2, 0.25) is 5.88 Å². The first-order valence-corrected chi connectivity index (χ1v) is 5.42. The molecule has 92 valence electrons. The molecular formula is C13H13N2O3+. The van der Waals surface area contributed by atoms with Crippen LogP contribution in [0, 0.1) is 0 Å². The Balaban J connectivity index is 1.99. The van der Waals surface area contributed by atoms with Crippen LogP contribution in [0.15, 0.2) is 42.6 Å². The number of nitrogens with two attached hydrogens (primary N) is 1. The number of aldehydes is 1. The summed E-state index contributed by atoms with van der Waals surface area (Å²) in [6.07, 6.45) is 2.19. The van der Waals surface area contributed by atoms with Crippen molar-refractivity contribution in [2.45, 2.75) is 6.61 Å². The molecule has 0 bridgehead atoms. The maximum absolute atomic E-state index is 10.5. The van der Waals surface area contributed by atoms with Gasteiger partial charge >= 0.3 is 0 Å². The molecule has 0 atom stereocenters. The lowest BCUT2D eigenvalue weighted by molar-refractivity contribution is -0.825. The molecule has 0 fully saturated rings. The van der Waals surface area contributed by atoms with Crippen LogP contribution in [-0.4, -0.2) is 16.5 Å². The molecule has 5 heteroatoms. The van der Waals surface area contributed by atoms with E-state index in [1.54, 1.807) is 18.2 Å². The summed E-state index contributed by atoms with van der Waals surface area (Å²) >= 11 is 0. The van der Waals surface area contributed by atoms with Crippen molar-refractivity contribution in [2.24, 2.45) is 0 Å². The average Bonchev–Trinajstić information content (AvgIpc) is 2.46. The Labute approximate surface area is 104 Å². The fraction of sp³-hybridized carbons (Fsp3) is 0.0769. The summed E-state index contributed by atoms with van der Waals surface area (Å²) < 4.78 is 5.47. The number of nitrogens with zero attached hydrogens (tertiary/aromatic N) is 1. The Kier molecular flexibility index (Phi) is 4.01. The maximum Gasteiger partial charge on any atom is 0.213 e. The van der Waals surface area contributed by atoms with E-state index in [0.717, 1.165) is 23.0 Å². The maximum atomic E-state index is 10.5. The first kappa shape index (κ1) is 12.2. The summed E-state index contributed by atoms with van der Waals surface area (Å²) in [6.45, 7) is 0.356. The van der Waals surface area contributed by atoms with Crippen LogP contribution < -0.4 is 10.2 Å². The van der Waals surface area contributed by atoms with Crippen LogP contribution in [0.2, 0.25) is 0 Å². The Hall–Kier alpha value is -2.24. The number of carbonyl (C=O) groups is 1. The number of hydrogen-bond acceptors (Lipinski definition) is 4. The second kappa shape index (κ2) is 5.90. The van der Waals surface area contributed by atoms with Crippen molar-refractivity contribution in [3.8, 4) is 5.88 Å². The summed E-state index contributed by atoms with van der Waals surface area (Å²) in [4.78, 5) is 14.5. The second-order valence-corrected chi connectivity index (χ2v) is 3.71. The lowest BCUT2D eigenvalue weighted by Gasteiger charge is -2.05. The Bertz CT molecular complexity index is 526. The third-order valence-corrected chi connectivity index (χ3v) is 2.38. The van der Waals surface area contributed by atoms with E-state index in [1.807, 2.05) is 18.2 Å². The van der Waals surface area contributed by atoms with E-state index >= 15 is 0 Å². The van der Waals surface area contributed by atoms with Gasteiger partial charge in [-0.25, -0.2) is 10.2 Å². The van der Waals surface area contributed by atoms with Crippen LogP contribution in [0.4, 0.5) is 5.69 Å². The van der Waals surface area contributed by atoms with Crippen LogP contribution >= 0.6 is 0 Å². The number of hydrogen-bond donors (Lipinski definition) is 2. The Morgan fingerprint density at radius 1 is 1.33 bits per heavy atom. The molecule has 5 nitrogen and oxygen atoms in total. The number of pyridine rings is 1. The van der Waals surface area contributed by atoms with E-state index in [2.05, 4.69) is 4.98 Å². The highest BCUT2D eigenvalue weighted by atomic mass is 16.5. The molecule has 1 heterocycles. The molecule has 0 unspecified atom stereocenters. The number of rotatable bonds is 5. The SMILES string of the molecule is O=Cc1ccc(OCc2cccc([NH2+]O)c2)nc1. The van der Waals surface area contributed by atoms with Crippen LogP contribution in [0.5, 0.6) is 5.88 Å². The van der Waals surface area contributed by atoms with Gasteiger partial charge in [-0.15, -0.1) is 0 Å². The van der Waals surface area contributed by atoms with Gasteiger partial charge in [-0.1, -0.05) is 12.1 Å². The van der Waals surface area contributed by atoms with Gasteiger partial charge < -0.3 is 4.74 Å². The Morgan fingerprint density at radius 2 is 2.22 bits per heavy atom. The lowest BCUT2D eigenvalue weighted by Crippen LogP contribution is -2.73. The predicted octanol–water partition coefficient (Wildman–Crippen LogP) is 1.06. The summed E-state index contributed by atoms with van der Waals surface area (Å²) in [5.74, 6) is 0.457. The fourth-order valence-corrected chi connectivity index (χ4v) is 1.47. The minimum Gasteiger partial charge on any atom is -0.473 e. The topological polar surface area (TPSA) is 76.0 Å². The zero-order valence-corrected chi connectivity index (χ0v) is 9.61. The molecule has 2 aromatic rings. The predicted molar refractivity (Wildman–Crippen MR) is 63.8 cm³/mol. The standard InChI is InChI=1S/C13H12N2O3/c16-8-11-4-5-13(14-7-11)18-9-10-2-1-3-12(6-10)15-17/h1-8,15,17H,9H2/p+1. The van der Waals surface area contributed by atoms with Gasteiger partial charge in [0.1, 0.15) is 6.61 Å². The minimum atomic E-state index is 0.356. The summed E-state index contributed by atoms with van der Waals surface area (Å²) in [6, 6.07) is 10.6. The van der Waals surface area contributed by atoms with E-state index in [9.17, 15) is 4.79 Å². The number of aromatic nitrogens is 1. The lowest BCUT2D eigenvalue weighted by atomic mass is 10.2. The van der Waals surface area contributed by atoms with Crippen LogP contribution in [-0.2, 0) is 6.61 Å². The van der Waals surface area contributed by atoms with Gasteiger partial charge in [0.25, 0.3) is 0 Å². The molecule has 0 spiro atoms. The van der Waals surface area contributed by atoms with Crippen molar-refractivity contribution < 1.29 is 20.2 Å². The van der Waals surface area contributed by atoms with E-state index in [0.29, 0.717) is 18.1 Å². The van der Waals surface area contributed by atoms with Gasteiger partial charge in [-0.2, -0.15) is 5.48 Å². The summed E-state index contributed by atoms with van der Waals surface area (Å²) in [5.41, 5.74) is 3.21. The first-order chi connectivity index (χ1) is 8.81. The van der Waals surface area contributed by atoms with Gasteiger partial charge in [-0.3, -0.25) is 4.79 Å². The molecule has 1 aromatic heterocycles. The van der Waals surface area contributed by atoms with E-state index in [1.165, 1.54) is 6.20 Å². The van der Waals surface area contributed by atoms with Gasteiger partial charge in [0, 0.05) is 30.0 Å². The highest BCUT2D eigenvalue weighted by Crippen LogP contribution is 2.11. The van der Waals surface area contributed by atoms with Crippen LogP contribution in [0.3, 0.4) is 0 Å². The van der Waals surface area contributed by atoms with Gasteiger partial charge in [0.15, 0.2) is 12.0 Å². The molecule has 0 aliphatic rings. The molecule has 0 aliphatic heterocycles. The van der Waals surface area contributed by atoms with Crippen molar-refractivity contribution >= 4 is 12.0 Å². The normalized spacial score (nSPS) is 10.1. The fourth-order valence-electron chi connectivity index (χ4n) is 1.47. The zero-order valence-electron chi connectivity index (χ0n) is 9.61. The van der Waals surface area contributed by atoms with Crippen molar-refractivity contribution in [1.29, 1.82) is 0 Å². The Morgan fingerprint density at radius 3 is 2.89 bits per heavy atom. The molecule has 0 aliphatic carbocycles. The van der Waals surface area contributed by atoms with Gasteiger partial charge in [0.05, 0.1) is 0 Å². The number of ether oxygens (including phenoxy) is 1. The number of quaternary nitrogens is 1. The van der Waals surface area contributed by atoms with Crippen molar-refractivity contribution in [1.82, 2.24) is 4.98 Å². The van der Waals surface area contributed by atoms with E-state index < -0.39 is 0 Å². The average molecular weight is 245 g/mol. The molecular weight excluding hydrogens is 232 g/mol. The third-order valence-electron chi connectivity index (χ3n) is 2.38. The molecule has 2 rings (SSSR count). The number of benzene rings is 1. The molecule has 0 amide bonds. The highest BCUT2D eigenvalue weighted by Gasteiger charge is 2.00. The highest BCUT2D eigenvalue weighted by molar-refractivity contribution is 5.73. The summed E-state index contributed by atoms with van der Waals surface area (Å²) in [5, 5.41) is 8.89. The van der Waals surface area contributed by atoms with E-state index in [-0.39, 0.29) is 0 Å². The molecule has 18 heavy (non-hydrogen) atoms. The second-order valence-electron chi connectivity index (χ2n) is 3.71.